The van der Waals surface area contributed by atoms with Gasteiger partial charge in [0.25, 0.3) is 0 Å². The van der Waals surface area contributed by atoms with Crippen molar-refractivity contribution in [1.29, 1.82) is 0 Å². The van der Waals surface area contributed by atoms with Gasteiger partial charge in [0, 0.05) is 5.39 Å². The number of pyridine rings is 1. The van der Waals surface area contributed by atoms with Gasteiger partial charge < -0.3 is 5.11 Å². The van der Waals surface area contributed by atoms with Crippen LogP contribution in [0.25, 0.3) is 21.5 Å². The fourth-order valence-corrected chi connectivity index (χ4v) is 3.53. The van der Waals surface area contributed by atoms with Crippen LogP contribution in [0, 0.1) is 6.92 Å². The number of thiophene rings is 1. The Morgan fingerprint density at radius 3 is 2.57 bits per heavy atom. The quantitative estimate of drug-likeness (QED) is 0.692. The van der Waals surface area contributed by atoms with E-state index < -0.39 is 5.97 Å². The van der Waals surface area contributed by atoms with Crippen LogP contribution in [0.1, 0.15) is 15.9 Å². The van der Waals surface area contributed by atoms with Gasteiger partial charge in [0.05, 0.1) is 31.7 Å². The first-order valence-electron chi connectivity index (χ1n) is 6.06. The van der Waals surface area contributed by atoms with Crippen LogP contribution < -0.4 is 0 Å². The van der Waals surface area contributed by atoms with Gasteiger partial charge in [-0.1, -0.05) is 29.3 Å². The third-order valence-corrected chi connectivity index (χ3v) is 4.75. The Kier molecular flexibility index (Phi) is 3.61. The highest BCUT2D eigenvalue weighted by atomic mass is 35.5. The molecule has 6 heteroatoms. The maximum atomic E-state index is 11.7. The topological polar surface area (TPSA) is 50.2 Å². The Morgan fingerprint density at radius 1 is 1.24 bits per heavy atom. The second kappa shape index (κ2) is 5.30. The summed E-state index contributed by atoms with van der Waals surface area (Å²) in [6.45, 7) is 1.74. The minimum atomic E-state index is -1.04. The van der Waals surface area contributed by atoms with Gasteiger partial charge in [0.15, 0.2) is 0 Å². The maximum Gasteiger partial charge on any atom is 0.336 e. The normalized spacial score (nSPS) is 11.0. The van der Waals surface area contributed by atoms with Crippen LogP contribution in [-0.4, -0.2) is 16.1 Å². The van der Waals surface area contributed by atoms with Crippen molar-refractivity contribution >= 4 is 51.4 Å². The van der Waals surface area contributed by atoms with E-state index in [2.05, 4.69) is 4.98 Å². The number of fused-ring (bicyclic) bond motifs is 1. The van der Waals surface area contributed by atoms with Gasteiger partial charge in [0.2, 0.25) is 0 Å². The van der Waals surface area contributed by atoms with Crippen molar-refractivity contribution in [3.8, 4) is 10.6 Å². The molecule has 1 aromatic carbocycles. The molecular formula is C15H9Cl2NO2S. The molecule has 1 N–H and O–H groups in total. The zero-order valence-corrected chi connectivity index (χ0v) is 13.2. The molecule has 0 spiro atoms. The Hall–Kier alpha value is -1.62. The summed E-state index contributed by atoms with van der Waals surface area (Å²) >= 11 is 13.8. The molecule has 0 aliphatic carbocycles. The lowest BCUT2D eigenvalue weighted by molar-refractivity contribution is 0.0698. The smallest absolute Gasteiger partial charge is 0.336 e. The number of hydrogen-bond acceptors (Lipinski definition) is 3. The van der Waals surface area contributed by atoms with Crippen molar-refractivity contribution in [3.63, 3.8) is 0 Å². The fourth-order valence-electron chi connectivity index (χ4n) is 2.31. The van der Waals surface area contributed by atoms with Crippen LogP contribution >= 0.6 is 34.5 Å². The van der Waals surface area contributed by atoms with Gasteiger partial charge in [-0.3, -0.25) is 0 Å². The molecule has 3 rings (SSSR count). The minimum absolute atomic E-state index is 0.149. The molecule has 0 aliphatic heterocycles. The largest absolute Gasteiger partial charge is 0.478 e. The molecule has 0 bridgehead atoms. The molecule has 0 amide bonds. The molecule has 0 radical (unpaired) electrons. The number of halogens is 2. The van der Waals surface area contributed by atoms with E-state index in [1.165, 1.54) is 11.3 Å². The molecule has 0 saturated carbocycles. The summed E-state index contributed by atoms with van der Waals surface area (Å²) in [5, 5.41) is 12.6. The van der Waals surface area contributed by atoms with Crippen LogP contribution in [0.2, 0.25) is 10.0 Å². The van der Waals surface area contributed by atoms with Gasteiger partial charge in [-0.05, 0) is 36.1 Å². The number of aromatic nitrogens is 1. The highest BCUT2D eigenvalue weighted by Crippen LogP contribution is 2.37. The van der Waals surface area contributed by atoms with Crippen LogP contribution in [0.3, 0.4) is 0 Å². The van der Waals surface area contributed by atoms with Gasteiger partial charge in [0.1, 0.15) is 0 Å². The summed E-state index contributed by atoms with van der Waals surface area (Å²) < 4.78 is 0. The fraction of sp³-hybridized carbons (Fsp3) is 0.0667. The van der Waals surface area contributed by atoms with E-state index in [0.717, 1.165) is 4.88 Å². The van der Waals surface area contributed by atoms with Crippen molar-refractivity contribution in [2.45, 2.75) is 6.92 Å². The second-order valence-corrected chi connectivity index (χ2v) is 6.26. The molecule has 2 heterocycles. The number of carbonyl (C=O) groups is 1. The summed E-state index contributed by atoms with van der Waals surface area (Å²) in [7, 11) is 0. The Bertz CT molecular complexity index is 860. The molecule has 0 unspecified atom stereocenters. The van der Waals surface area contributed by atoms with E-state index in [1.54, 1.807) is 19.1 Å². The van der Waals surface area contributed by atoms with Gasteiger partial charge in [-0.15, -0.1) is 11.3 Å². The molecule has 0 fully saturated rings. The average Bonchev–Trinajstić information content (AvgIpc) is 2.96. The zero-order valence-electron chi connectivity index (χ0n) is 10.9. The van der Waals surface area contributed by atoms with Crippen molar-refractivity contribution in [3.05, 3.63) is 50.8 Å². The molecule has 0 atom stereocenters. The molecule has 0 aliphatic rings. The lowest BCUT2D eigenvalue weighted by atomic mass is 10.0. The highest BCUT2D eigenvalue weighted by Gasteiger charge is 2.21. The lowest BCUT2D eigenvalue weighted by Gasteiger charge is -2.12. The third-order valence-electron chi connectivity index (χ3n) is 3.25. The van der Waals surface area contributed by atoms with E-state index in [1.807, 2.05) is 17.5 Å². The first-order chi connectivity index (χ1) is 10.0. The molecule has 3 nitrogen and oxygen atoms in total. The van der Waals surface area contributed by atoms with Crippen molar-refractivity contribution in [1.82, 2.24) is 4.98 Å². The van der Waals surface area contributed by atoms with Crippen molar-refractivity contribution < 1.29 is 9.90 Å². The Labute approximate surface area is 134 Å². The summed E-state index contributed by atoms with van der Waals surface area (Å²) in [6.07, 6.45) is 0. The van der Waals surface area contributed by atoms with Gasteiger partial charge in [-0.2, -0.15) is 0 Å². The monoisotopic (exact) mass is 337 g/mol. The first-order valence-corrected chi connectivity index (χ1v) is 7.69. The summed E-state index contributed by atoms with van der Waals surface area (Å²) in [5.41, 5.74) is 1.77. The summed E-state index contributed by atoms with van der Waals surface area (Å²) in [4.78, 5) is 17.1. The number of aromatic carboxylic acids is 1. The van der Waals surface area contributed by atoms with E-state index in [4.69, 9.17) is 23.2 Å². The minimum Gasteiger partial charge on any atom is -0.478 e. The predicted octanol–water partition coefficient (Wildman–Crippen LogP) is 5.28. The predicted molar refractivity (Wildman–Crippen MR) is 86.8 cm³/mol. The van der Waals surface area contributed by atoms with Crippen LogP contribution in [0.15, 0.2) is 29.6 Å². The number of rotatable bonds is 2. The van der Waals surface area contributed by atoms with Crippen LogP contribution in [-0.2, 0) is 0 Å². The van der Waals surface area contributed by atoms with Crippen molar-refractivity contribution in [2.24, 2.45) is 0 Å². The second-order valence-electron chi connectivity index (χ2n) is 4.50. The molecular weight excluding hydrogens is 329 g/mol. The Balaban J connectivity index is 2.52. The standard InChI is InChI=1S/C15H9Cl2NO2S/c1-7-11(15(19)20)12-8(16)4-5-9(17)14(12)18-13(7)10-3-2-6-21-10/h2-6H,1H3,(H,19,20). The zero-order chi connectivity index (χ0) is 15.1. The molecule has 2 aromatic heterocycles. The molecule has 0 saturated heterocycles. The molecule has 21 heavy (non-hydrogen) atoms. The number of carboxylic acid groups (broad SMARTS) is 1. The van der Waals surface area contributed by atoms with Crippen LogP contribution in [0.4, 0.5) is 0 Å². The Morgan fingerprint density at radius 2 is 1.95 bits per heavy atom. The van der Waals surface area contributed by atoms with E-state index in [9.17, 15) is 9.90 Å². The maximum absolute atomic E-state index is 11.7. The van der Waals surface area contributed by atoms with Gasteiger partial charge >= 0.3 is 5.97 Å². The summed E-state index contributed by atoms with van der Waals surface area (Å²) in [5.74, 6) is -1.04. The number of carboxylic acids is 1. The van der Waals surface area contributed by atoms with Crippen molar-refractivity contribution in [2.75, 3.05) is 0 Å². The first kappa shape index (κ1) is 14.3. The van der Waals surface area contributed by atoms with E-state index in [0.29, 0.717) is 32.2 Å². The number of benzene rings is 1. The SMILES string of the molecule is Cc1c(-c2cccs2)nc2c(Cl)ccc(Cl)c2c1C(=O)O. The molecule has 3 aromatic rings. The number of hydrogen-bond donors (Lipinski definition) is 1. The molecule has 106 valence electrons. The average molecular weight is 338 g/mol. The summed E-state index contributed by atoms with van der Waals surface area (Å²) in [6, 6.07) is 7.00. The lowest BCUT2D eigenvalue weighted by Crippen LogP contribution is -2.05. The van der Waals surface area contributed by atoms with Gasteiger partial charge in [-0.25, -0.2) is 9.78 Å². The highest BCUT2D eigenvalue weighted by molar-refractivity contribution is 7.13. The van der Waals surface area contributed by atoms with E-state index in [-0.39, 0.29) is 5.56 Å². The third kappa shape index (κ3) is 2.29. The van der Waals surface area contributed by atoms with Crippen LogP contribution in [0.5, 0.6) is 0 Å². The van der Waals surface area contributed by atoms with E-state index >= 15 is 0 Å². The number of nitrogens with zero attached hydrogens (tertiary/aromatic N) is 1.